The zero-order valence-corrected chi connectivity index (χ0v) is 16.5. The molecule has 0 bridgehead atoms. The molecule has 0 fully saturated rings. The van der Waals surface area contributed by atoms with Crippen LogP contribution >= 0.6 is 0 Å². The summed E-state index contributed by atoms with van der Waals surface area (Å²) in [6.07, 6.45) is 4.80. The van der Waals surface area contributed by atoms with E-state index in [0.717, 1.165) is 0 Å². The van der Waals surface area contributed by atoms with Crippen molar-refractivity contribution >= 4 is 16.9 Å². The number of rotatable bonds is 3. The molecule has 0 aliphatic rings. The van der Waals surface area contributed by atoms with Gasteiger partial charge in [-0.05, 0) is 44.0 Å². The molecule has 0 amide bonds. The smallest absolute Gasteiger partial charge is 0.204 e. The number of anilines is 1. The Hall–Kier alpha value is -3.96. The molecule has 0 unspecified atom stereocenters. The maximum atomic E-state index is 13.1. The Bertz CT molecular complexity index is 1330. The van der Waals surface area contributed by atoms with Crippen LogP contribution in [0.15, 0.2) is 53.7 Å². The SMILES string of the molecule is CCn1c(N)c(-c2ncc[nH]2)c(=O)c2ccc(C#C[C@@](C)(O)c3ccccn3)nc21. The Morgan fingerprint density at radius 1 is 1.23 bits per heavy atom. The minimum absolute atomic E-state index is 0.255. The second-order valence-corrected chi connectivity index (χ2v) is 6.88. The van der Waals surface area contributed by atoms with Crippen molar-refractivity contribution in [3.05, 3.63) is 70.5 Å². The predicted molar refractivity (Wildman–Crippen MR) is 114 cm³/mol. The molecule has 0 aliphatic carbocycles. The lowest BCUT2D eigenvalue weighted by Gasteiger charge is -2.15. The fraction of sp³-hybridized carbons (Fsp3) is 0.182. The fourth-order valence-corrected chi connectivity index (χ4v) is 3.25. The number of hydrogen-bond donors (Lipinski definition) is 3. The molecule has 4 rings (SSSR count). The summed E-state index contributed by atoms with van der Waals surface area (Å²) in [6, 6.07) is 8.57. The van der Waals surface area contributed by atoms with Crippen molar-refractivity contribution in [3.8, 4) is 23.2 Å². The monoisotopic (exact) mass is 400 g/mol. The summed E-state index contributed by atoms with van der Waals surface area (Å²) < 4.78 is 1.75. The van der Waals surface area contributed by atoms with Gasteiger partial charge in [0, 0.05) is 25.1 Å². The minimum Gasteiger partial charge on any atom is -0.384 e. The number of imidazole rings is 1. The van der Waals surface area contributed by atoms with Crippen molar-refractivity contribution in [1.82, 2.24) is 24.5 Å². The summed E-state index contributed by atoms with van der Waals surface area (Å²) >= 11 is 0. The number of nitrogens with one attached hydrogen (secondary N) is 1. The third kappa shape index (κ3) is 3.32. The van der Waals surface area contributed by atoms with Crippen molar-refractivity contribution in [1.29, 1.82) is 0 Å². The first kappa shape index (κ1) is 19.4. The quantitative estimate of drug-likeness (QED) is 0.452. The molecule has 30 heavy (non-hydrogen) atoms. The van der Waals surface area contributed by atoms with Crippen LogP contribution in [0.3, 0.4) is 0 Å². The lowest BCUT2D eigenvalue weighted by atomic mass is 10.0. The van der Waals surface area contributed by atoms with Gasteiger partial charge in [-0.2, -0.15) is 0 Å². The Kier molecular flexibility index (Phi) is 4.82. The first-order valence-electron chi connectivity index (χ1n) is 9.42. The van der Waals surface area contributed by atoms with Crippen LogP contribution in [0.2, 0.25) is 0 Å². The number of pyridine rings is 3. The maximum Gasteiger partial charge on any atom is 0.204 e. The van der Waals surface area contributed by atoms with E-state index in [-0.39, 0.29) is 11.2 Å². The van der Waals surface area contributed by atoms with Crippen molar-refractivity contribution in [2.45, 2.75) is 26.0 Å². The Morgan fingerprint density at radius 3 is 2.73 bits per heavy atom. The summed E-state index contributed by atoms with van der Waals surface area (Å²) in [5.41, 5.74) is 6.20. The molecule has 0 radical (unpaired) electrons. The standard InChI is InChI=1S/C22H20N6O2/c1-3-28-19(23)17(20-25-12-13-26-20)18(29)15-8-7-14(27-21(15)28)9-10-22(2,30)16-6-4-5-11-24-16/h4-8,11-13,30H,3,23H2,1-2H3,(H,25,26)/t22-/m1/s1. The molecular formula is C22H20N6O2. The van der Waals surface area contributed by atoms with E-state index in [9.17, 15) is 9.90 Å². The third-order valence-electron chi connectivity index (χ3n) is 4.80. The van der Waals surface area contributed by atoms with Gasteiger partial charge >= 0.3 is 0 Å². The highest BCUT2D eigenvalue weighted by atomic mass is 16.3. The number of aryl methyl sites for hydroxylation is 1. The highest BCUT2D eigenvalue weighted by molar-refractivity contribution is 5.86. The molecule has 1 atom stereocenters. The second kappa shape index (κ2) is 7.46. The van der Waals surface area contributed by atoms with Crippen LogP contribution in [0.5, 0.6) is 0 Å². The molecule has 4 aromatic rings. The number of nitrogens with two attached hydrogens (primary N) is 1. The summed E-state index contributed by atoms with van der Waals surface area (Å²) in [6.45, 7) is 3.99. The Morgan fingerprint density at radius 2 is 2.07 bits per heavy atom. The summed E-state index contributed by atoms with van der Waals surface area (Å²) in [4.78, 5) is 28.8. The van der Waals surface area contributed by atoms with E-state index in [0.29, 0.717) is 40.4 Å². The largest absolute Gasteiger partial charge is 0.384 e. The van der Waals surface area contributed by atoms with E-state index >= 15 is 0 Å². The molecule has 0 saturated carbocycles. The average Bonchev–Trinajstić information content (AvgIpc) is 3.27. The van der Waals surface area contributed by atoms with Crippen molar-refractivity contribution in [3.63, 3.8) is 0 Å². The molecule has 4 heterocycles. The van der Waals surface area contributed by atoms with Gasteiger partial charge in [0.25, 0.3) is 0 Å². The van der Waals surface area contributed by atoms with Crippen LogP contribution in [-0.2, 0) is 12.1 Å². The Balaban J connectivity index is 1.85. The zero-order chi connectivity index (χ0) is 21.3. The molecular weight excluding hydrogens is 380 g/mol. The maximum absolute atomic E-state index is 13.1. The van der Waals surface area contributed by atoms with E-state index in [2.05, 4.69) is 31.8 Å². The topological polar surface area (TPSA) is 123 Å². The average molecular weight is 400 g/mol. The molecule has 8 nitrogen and oxygen atoms in total. The highest BCUT2D eigenvalue weighted by Crippen LogP contribution is 2.24. The summed E-state index contributed by atoms with van der Waals surface area (Å²) in [5.74, 6) is 6.38. The number of nitrogens with zero attached hydrogens (tertiary/aromatic N) is 4. The minimum atomic E-state index is -1.44. The van der Waals surface area contributed by atoms with Gasteiger partial charge in [0.05, 0.1) is 11.1 Å². The number of aromatic nitrogens is 5. The van der Waals surface area contributed by atoms with E-state index < -0.39 is 5.60 Å². The van der Waals surface area contributed by atoms with Gasteiger partial charge in [0.1, 0.15) is 28.5 Å². The highest BCUT2D eigenvalue weighted by Gasteiger charge is 2.22. The lowest BCUT2D eigenvalue weighted by molar-refractivity contribution is 0.117. The Labute approximate surface area is 172 Å². The van der Waals surface area contributed by atoms with Gasteiger partial charge in [-0.25, -0.2) is 9.97 Å². The first-order chi connectivity index (χ1) is 14.4. The predicted octanol–water partition coefficient (Wildman–Crippen LogP) is 2.04. The normalized spacial score (nSPS) is 12.9. The molecule has 0 saturated heterocycles. The van der Waals surface area contributed by atoms with Gasteiger partial charge in [-0.3, -0.25) is 9.78 Å². The molecule has 0 spiro atoms. The number of aromatic amines is 1. The van der Waals surface area contributed by atoms with E-state index in [4.69, 9.17) is 5.73 Å². The first-order valence-corrected chi connectivity index (χ1v) is 9.42. The molecule has 4 aromatic heterocycles. The molecule has 0 aliphatic heterocycles. The van der Waals surface area contributed by atoms with Crippen molar-refractivity contribution < 1.29 is 5.11 Å². The number of hydrogen-bond acceptors (Lipinski definition) is 6. The zero-order valence-electron chi connectivity index (χ0n) is 16.5. The molecule has 0 aromatic carbocycles. The number of fused-ring (bicyclic) bond motifs is 1. The molecule has 8 heteroatoms. The van der Waals surface area contributed by atoms with Crippen molar-refractivity contribution in [2.75, 3.05) is 5.73 Å². The molecule has 150 valence electrons. The van der Waals surface area contributed by atoms with E-state index in [1.54, 1.807) is 60.4 Å². The van der Waals surface area contributed by atoms with Gasteiger partial charge in [0.2, 0.25) is 5.43 Å². The van der Waals surface area contributed by atoms with E-state index in [1.165, 1.54) is 0 Å². The van der Waals surface area contributed by atoms with E-state index in [1.807, 2.05) is 6.92 Å². The fourth-order valence-electron chi connectivity index (χ4n) is 3.25. The van der Waals surface area contributed by atoms with Gasteiger partial charge in [-0.15, -0.1) is 0 Å². The van der Waals surface area contributed by atoms with Crippen LogP contribution in [0, 0.1) is 11.8 Å². The van der Waals surface area contributed by atoms with Crippen LogP contribution < -0.4 is 11.2 Å². The van der Waals surface area contributed by atoms with Crippen LogP contribution in [-0.4, -0.2) is 29.6 Å². The second-order valence-electron chi connectivity index (χ2n) is 6.88. The van der Waals surface area contributed by atoms with Crippen LogP contribution in [0.25, 0.3) is 22.4 Å². The third-order valence-corrected chi connectivity index (χ3v) is 4.80. The van der Waals surface area contributed by atoms with Crippen LogP contribution in [0.1, 0.15) is 25.2 Å². The van der Waals surface area contributed by atoms with Crippen molar-refractivity contribution in [2.24, 2.45) is 0 Å². The summed E-state index contributed by atoms with van der Waals surface area (Å²) in [5, 5.41) is 11.1. The number of aliphatic hydroxyl groups is 1. The lowest BCUT2D eigenvalue weighted by Crippen LogP contribution is -2.20. The number of H-pyrrole nitrogens is 1. The summed E-state index contributed by atoms with van der Waals surface area (Å²) in [7, 11) is 0. The number of nitrogen functional groups attached to an aromatic ring is 1. The van der Waals surface area contributed by atoms with Crippen LogP contribution in [0.4, 0.5) is 5.82 Å². The van der Waals surface area contributed by atoms with Gasteiger partial charge in [-0.1, -0.05) is 12.0 Å². The van der Waals surface area contributed by atoms with Gasteiger partial charge < -0.3 is 20.4 Å². The van der Waals surface area contributed by atoms with Gasteiger partial charge in [0.15, 0.2) is 5.60 Å². The molecule has 4 N–H and O–H groups in total.